The fourth-order valence-electron chi connectivity index (χ4n) is 1.76. The second kappa shape index (κ2) is 4.80. The van der Waals surface area contributed by atoms with Crippen LogP contribution >= 0.6 is 11.6 Å². The summed E-state index contributed by atoms with van der Waals surface area (Å²) < 4.78 is 5.30. The lowest BCUT2D eigenvalue weighted by molar-refractivity contribution is 0.434. The molecule has 0 aliphatic carbocycles. The van der Waals surface area contributed by atoms with Gasteiger partial charge in [-0.15, -0.1) is 0 Å². The predicted molar refractivity (Wildman–Crippen MR) is 69.9 cm³/mol. The average molecular weight is 251 g/mol. The normalized spacial score (nSPS) is 11.1. The summed E-state index contributed by atoms with van der Waals surface area (Å²) in [5.41, 5.74) is 7.75. The third-order valence-electron chi connectivity index (χ3n) is 2.54. The molecular formula is C13H15ClN2O. The van der Waals surface area contributed by atoms with Crippen LogP contribution < -0.4 is 5.73 Å². The highest BCUT2D eigenvalue weighted by Gasteiger charge is 2.16. The van der Waals surface area contributed by atoms with Crippen LogP contribution in [-0.2, 0) is 6.42 Å². The zero-order valence-electron chi connectivity index (χ0n) is 9.90. The Morgan fingerprint density at radius 2 is 1.94 bits per heavy atom. The van der Waals surface area contributed by atoms with Crippen LogP contribution in [0.5, 0.6) is 0 Å². The molecule has 0 amide bonds. The summed E-state index contributed by atoms with van der Waals surface area (Å²) >= 11 is 5.86. The standard InChI is InChI=1S/C13H15ClN2O/c1-8(2)7-11-12(17-16-13(11)15)9-3-5-10(14)6-4-9/h3-6,8H,7H2,1-2H3,(H2,15,16). The Bertz CT molecular complexity index is 503. The molecule has 90 valence electrons. The first-order valence-corrected chi connectivity index (χ1v) is 5.95. The van der Waals surface area contributed by atoms with Gasteiger partial charge < -0.3 is 10.3 Å². The molecule has 1 heterocycles. The van der Waals surface area contributed by atoms with Crippen LogP contribution in [0.4, 0.5) is 5.82 Å². The van der Waals surface area contributed by atoms with Crippen LogP contribution in [-0.4, -0.2) is 5.16 Å². The Labute approximate surface area is 106 Å². The van der Waals surface area contributed by atoms with Crippen molar-refractivity contribution in [2.24, 2.45) is 5.92 Å². The first kappa shape index (κ1) is 12.0. The number of anilines is 1. The van der Waals surface area contributed by atoms with Crippen molar-refractivity contribution in [2.75, 3.05) is 5.73 Å². The molecule has 0 saturated carbocycles. The first-order valence-electron chi connectivity index (χ1n) is 5.58. The van der Waals surface area contributed by atoms with Gasteiger partial charge in [0, 0.05) is 16.1 Å². The number of rotatable bonds is 3. The number of hydrogen-bond donors (Lipinski definition) is 1. The molecule has 2 aromatic rings. The molecule has 0 bridgehead atoms. The maximum atomic E-state index is 5.86. The minimum atomic E-state index is 0.476. The number of hydrogen-bond acceptors (Lipinski definition) is 3. The van der Waals surface area contributed by atoms with Crippen LogP contribution in [0.25, 0.3) is 11.3 Å². The summed E-state index contributed by atoms with van der Waals surface area (Å²) in [5, 5.41) is 4.54. The molecule has 3 nitrogen and oxygen atoms in total. The van der Waals surface area contributed by atoms with E-state index in [2.05, 4.69) is 19.0 Å². The van der Waals surface area contributed by atoms with Gasteiger partial charge in [-0.05, 0) is 36.6 Å². The second-order valence-corrected chi connectivity index (χ2v) is 4.92. The van der Waals surface area contributed by atoms with Crippen LogP contribution in [0.2, 0.25) is 5.02 Å². The van der Waals surface area contributed by atoms with E-state index in [0.717, 1.165) is 23.3 Å². The highest BCUT2D eigenvalue weighted by atomic mass is 35.5. The van der Waals surface area contributed by atoms with Gasteiger partial charge in [-0.3, -0.25) is 0 Å². The van der Waals surface area contributed by atoms with Crippen molar-refractivity contribution >= 4 is 17.4 Å². The highest BCUT2D eigenvalue weighted by Crippen LogP contribution is 2.30. The molecule has 1 aromatic heterocycles. The Balaban J connectivity index is 2.41. The number of nitrogens with zero attached hydrogens (tertiary/aromatic N) is 1. The van der Waals surface area contributed by atoms with Gasteiger partial charge >= 0.3 is 0 Å². The van der Waals surface area contributed by atoms with Crippen molar-refractivity contribution in [3.05, 3.63) is 34.9 Å². The smallest absolute Gasteiger partial charge is 0.172 e. The summed E-state index contributed by atoms with van der Waals surface area (Å²) in [7, 11) is 0. The van der Waals surface area contributed by atoms with Crippen molar-refractivity contribution in [2.45, 2.75) is 20.3 Å². The SMILES string of the molecule is CC(C)Cc1c(N)noc1-c1ccc(Cl)cc1. The molecule has 0 aliphatic heterocycles. The summed E-state index contributed by atoms with van der Waals surface area (Å²) in [6.07, 6.45) is 0.854. The maximum absolute atomic E-state index is 5.86. The minimum Gasteiger partial charge on any atom is -0.381 e. The monoisotopic (exact) mass is 250 g/mol. The molecule has 4 heteroatoms. The average Bonchev–Trinajstić information content (AvgIpc) is 2.61. The van der Waals surface area contributed by atoms with Gasteiger partial charge in [0.05, 0.1) is 0 Å². The van der Waals surface area contributed by atoms with Crippen LogP contribution in [0.3, 0.4) is 0 Å². The number of nitrogens with two attached hydrogens (primary N) is 1. The number of halogens is 1. The summed E-state index contributed by atoms with van der Waals surface area (Å²) in [5.74, 6) is 1.72. The van der Waals surface area contributed by atoms with Crippen molar-refractivity contribution in [3.8, 4) is 11.3 Å². The fraction of sp³-hybridized carbons (Fsp3) is 0.308. The summed E-state index contributed by atoms with van der Waals surface area (Å²) in [6, 6.07) is 7.47. The van der Waals surface area contributed by atoms with Gasteiger partial charge in [0.15, 0.2) is 11.6 Å². The van der Waals surface area contributed by atoms with E-state index in [1.807, 2.05) is 24.3 Å². The molecule has 0 fully saturated rings. The molecular weight excluding hydrogens is 236 g/mol. The van der Waals surface area contributed by atoms with Gasteiger partial charge in [-0.1, -0.05) is 30.6 Å². The Kier molecular flexibility index (Phi) is 3.38. The second-order valence-electron chi connectivity index (χ2n) is 4.48. The van der Waals surface area contributed by atoms with E-state index in [1.54, 1.807) is 0 Å². The molecule has 2 rings (SSSR count). The predicted octanol–water partition coefficient (Wildman–Crippen LogP) is 3.78. The van der Waals surface area contributed by atoms with E-state index in [4.69, 9.17) is 21.9 Å². The molecule has 0 unspecified atom stereocenters. The molecule has 0 aliphatic rings. The molecule has 0 radical (unpaired) electrons. The first-order chi connectivity index (χ1) is 8.08. The van der Waals surface area contributed by atoms with Crippen LogP contribution in [0.1, 0.15) is 19.4 Å². The topological polar surface area (TPSA) is 52.0 Å². The van der Waals surface area contributed by atoms with Gasteiger partial charge in [-0.25, -0.2) is 0 Å². The van der Waals surface area contributed by atoms with E-state index in [1.165, 1.54) is 0 Å². The maximum Gasteiger partial charge on any atom is 0.172 e. The van der Waals surface area contributed by atoms with Crippen molar-refractivity contribution in [1.29, 1.82) is 0 Å². The molecule has 0 atom stereocenters. The van der Waals surface area contributed by atoms with Crippen LogP contribution in [0, 0.1) is 5.92 Å². The minimum absolute atomic E-state index is 0.476. The zero-order chi connectivity index (χ0) is 12.4. The molecule has 0 spiro atoms. The molecule has 2 N–H and O–H groups in total. The highest BCUT2D eigenvalue weighted by molar-refractivity contribution is 6.30. The van der Waals surface area contributed by atoms with Gasteiger partial charge in [0.25, 0.3) is 0 Å². The van der Waals surface area contributed by atoms with Gasteiger partial charge in [-0.2, -0.15) is 0 Å². The number of benzene rings is 1. The Morgan fingerprint density at radius 3 is 2.53 bits per heavy atom. The van der Waals surface area contributed by atoms with E-state index in [0.29, 0.717) is 16.8 Å². The lowest BCUT2D eigenvalue weighted by atomic mass is 10.00. The lowest BCUT2D eigenvalue weighted by Gasteiger charge is -2.05. The third kappa shape index (κ3) is 2.61. The van der Waals surface area contributed by atoms with Gasteiger partial charge in [0.1, 0.15) is 0 Å². The van der Waals surface area contributed by atoms with E-state index in [-0.39, 0.29) is 0 Å². The zero-order valence-corrected chi connectivity index (χ0v) is 10.7. The Hall–Kier alpha value is -1.48. The third-order valence-corrected chi connectivity index (χ3v) is 2.79. The summed E-state index contributed by atoms with van der Waals surface area (Å²) in [6.45, 7) is 4.27. The van der Waals surface area contributed by atoms with E-state index >= 15 is 0 Å². The summed E-state index contributed by atoms with van der Waals surface area (Å²) in [4.78, 5) is 0. The quantitative estimate of drug-likeness (QED) is 0.902. The van der Waals surface area contributed by atoms with Crippen molar-refractivity contribution in [1.82, 2.24) is 5.16 Å². The van der Waals surface area contributed by atoms with Crippen molar-refractivity contribution in [3.63, 3.8) is 0 Å². The number of nitrogen functional groups attached to an aromatic ring is 1. The Morgan fingerprint density at radius 1 is 1.29 bits per heavy atom. The molecule has 0 saturated heterocycles. The lowest BCUT2D eigenvalue weighted by Crippen LogP contribution is -1.98. The van der Waals surface area contributed by atoms with Crippen LogP contribution in [0.15, 0.2) is 28.8 Å². The molecule has 1 aromatic carbocycles. The van der Waals surface area contributed by atoms with Crippen molar-refractivity contribution < 1.29 is 4.52 Å². The van der Waals surface area contributed by atoms with E-state index < -0.39 is 0 Å². The molecule has 17 heavy (non-hydrogen) atoms. The van der Waals surface area contributed by atoms with Gasteiger partial charge in [0.2, 0.25) is 0 Å². The fourth-order valence-corrected chi connectivity index (χ4v) is 1.88. The van der Waals surface area contributed by atoms with E-state index in [9.17, 15) is 0 Å². The number of aromatic nitrogens is 1. The largest absolute Gasteiger partial charge is 0.381 e.